The number of nitrogen functional groups attached to an aromatic ring is 1. The predicted octanol–water partition coefficient (Wildman–Crippen LogP) is 2.90. The van der Waals surface area contributed by atoms with Crippen molar-refractivity contribution in [3.05, 3.63) is 18.2 Å². The van der Waals surface area contributed by atoms with Crippen LogP contribution >= 0.6 is 11.8 Å². The van der Waals surface area contributed by atoms with E-state index in [9.17, 15) is 4.79 Å². The second kappa shape index (κ2) is 4.26. The first kappa shape index (κ1) is 12.3. The first-order valence-corrected chi connectivity index (χ1v) is 6.74. The van der Waals surface area contributed by atoms with E-state index >= 15 is 0 Å². The predicted molar refractivity (Wildman–Crippen MR) is 73.4 cm³/mol. The summed E-state index contributed by atoms with van der Waals surface area (Å²) in [6.45, 7) is 6.76. The number of carbonyl (C=O) groups excluding carboxylic acids is 1. The van der Waals surface area contributed by atoms with Crippen LogP contribution in [0.3, 0.4) is 0 Å². The normalized spacial score (nSPS) is 23.7. The number of fused-ring (bicyclic) bond motifs is 1. The lowest BCUT2D eigenvalue weighted by Gasteiger charge is -2.39. The van der Waals surface area contributed by atoms with Crippen LogP contribution in [0.15, 0.2) is 23.1 Å². The van der Waals surface area contributed by atoms with Crippen molar-refractivity contribution in [1.82, 2.24) is 0 Å². The largest absolute Gasteiger partial charge is 0.399 e. The fourth-order valence-corrected chi connectivity index (χ4v) is 3.36. The molecular weight excluding hydrogens is 232 g/mol. The van der Waals surface area contributed by atoms with Gasteiger partial charge in [-0.15, -0.1) is 11.8 Å². The number of hydrogen-bond donors (Lipinski definition) is 1. The average molecular weight is 250 g/mol. The van der Waals surface area contributed by atoms with E-state index in [-0.39, 0.29) is 10.7 Å². The SMILES string of the molecule is CCN1C(=O)C(C)(CC)Sc2cc(N)ccc21. The highest BCUT2D eigenvalue weighted by molar-refractivity contribution is 8.01. The minimum Gasteiger partial charge on any atom is -0.399 e. The van der Waals surface area contributed by atoms with Gasteiger partial charge in [0.05, 0.1) is 10.4 Å². The van der Waals surface area contributed by atoms with Gasteiger partial charge in [0.25, 0.3) is 0 Å². The Labute approximate surface area is 106 Å². The van der Waals surface area contributed by atoms with E-state index in [0.29, 0.717) is 6.54 Å². The number of anilines is 2. The standard InChI is InChI=1S/C13H18N2OS/c1-4-13(3)12(16)15(5-2)10-7-6-9(14)8-11(10)17-13/h6-8H,4-5,14H2,1-3H3. The molecule has 0 aliphatic carbocycles. The molecule has 0 saturated heterocycles. The Morgan fingerprint density at radius 3 is 2.71 bits per heavy atom. The summed E-state index contributed by atoms with van der Waals surface area (Å²) in [6, 6.07) is 5.75. The Morgan fingerprint density at radius 1 is 1.41 bits per heavy atom. The minimum absolute atomic E-state index is 0.199. The van der Waals surface area contributed by atoms with E-state index in [1.807, 2.05) is 36.9 Å². The van der Waals surface area contributed by atoms with Gasteiger partial charge in [-0.05, 0) is 38.5 Å². The van der Waals surface area contributed by atoms with Crippen molar-refractivity contribution in [1.29, 1.82) is 0 Å². The molecule has 17 heavy (non-hydrogen) atoms. The number of amides is 1. The molecule has 1 aromatic rings. The van der Waals surface area contributed by atoms with Crippen molar-refractivity contribution < 1.29 is 4.79 Å². The van der Waals surface area contributed by atoms with E-state index in [1.54, 1.807) is 11.8 Å². The number of rotatable bonds is 2. The summed E-state index contributed by atoms with van der Waals surface area (Å²) in [5, 5.41) is 0. The van der Waals surface area contributed by atoms with Crippen molar-refractivity contribution in [3.8, 4) is 0 Å². The fourth-order valence-electron chi connectivity index (χ4n) is 2.05. The number of nitrogens with two attached hydrogens (primary N) is 1. The van der Waals surface area contributed by atoms with Crippen LogP contribution in [0.5, 0.6) is 0 Å². The van der Waals surface area contributed by atoms with Gasteiger partial charge in [-0.1, -0.05) is 6.92 Å². The van der Waals surface area contributed by atoms with Crippen molar-refractivity contribution in [2.24, 2.45) is 0 Å². The van der Waals surface area contributed by atoms with E-state index in [1.165, 1.54) is 0 Å². The molecule has 0 radical (unpaired) electrons. The molecule has 0 saturated carbocycles. The smallest absolute Gasteiger partial charge is 0.243 e. The van der Waals surface area contributed by atoms with Gasteiger partial charge in [0.15, 0.2) is 0 Å². The summed E-state index contributed by atoms with van der Waals surface area (Å²) in [5.41, 5.74) is 7.56. The lowest BCUT2D eigenvalue weighted by molar-refractivity contribution is -0.120. The maximum Gasteiger partial charge on any atom is 0.243 e. The Hall–Kier alpha value is -1.16. The summed E-state index contributed by atoms with van der Waals surface area (Å²) in [4.78, 5) is 15.4. The Bertz CT molecular complexity index is 461. The van der Waals surface area contributed by atoms with Crippen LogP contribution in [-0.2, 0) is 4.79 Å². The van der Waals surface area contributed by atoms with Crippen LogP contribution in [0, 0.1) is 0 Å². The van der Waals surface area contributed by atoms with Crippen molar-refractivity contribution in [2.45, 2.75) is 36.8 Å². The second-order valence-electron chi connectivity index (χ2n) is 4.46. The molecule has 1 heterocycles. The summed E-state index contributed by atoms with van der Waals surface area (Å²) in [7, 11) is 0. The maximum atomic E-state index is 12.4. The number of carbonyl (C=O) groups is 1. The zero-order chi connectivity index (χ0) is 12.6. The fraction of sp³-hybridized carbons (Fsp3) is 0.462. The van der Waals surface area contributed by atoms with Gasteiger partial charge in [0.1, 0.15) is 0 Å². The van der Waals surface area contributed by atoms with Crippen LogP contribution in [0.4, 0.5) is 11.4 Å². The quantitative estimate of drug-likeness (QED) is 0.821. The second-order valence-corrected chi connectivity index (χ2v) is 6.01. The summed E-state index contributed by atoms with van der Waals surface area (Å²) >= 11 is 1.63. The number of nitrogens with zero attached hydrogens (tertiary/aromatic N) is 1. The summed E-state index contributed by atoms with van der Waals surface area (Å²) < 4.78 is -0.364. The molecule has 0 aromatic heterocycles. The summed E-state index contributed by atoms with van der Waals surface area (Å²) in [6.07, 6.45) is 0.821. The Kier molecular flexibility index (Phi) is 3.08. The van der Waals surface area contributed by atoms with Gasteiger partial charge >= 0.3 is 0 Å². The highest BCUT2D eigenvalue weighted by atomic mass is 32.2. The lowest BCUT2D eigenvalue weighted by atomic mass is 10.1. The van der Waals surface area contributed by atoms with Gasteiger partial charge in [0, 0.05) is 17.1 Å². The van der Waals surface area contributed by atoms with Gasteiger partial charge in [-0.2, -0.15) is 0 Å². The molecule has 1 atom stereocenters. The van der Waals surface area contributed by atoms with Gasteiger partial charge < -0.3 is 10.6 Å². The first-order valence-electron chi connectivity index (χ1n) is 5.92. The van der Waals surface area contributed by atoms with Crippen LogP contribution in [-0.4, -0.2) is 17.2 Å². The summed E-state index contributed by atoms with van der Waals surface area (Å²) in [5.74, 6) is 0.199. The highest BCUT2D eigenvalue weighted by Gasteiger charge is 2.41. The molecule has 4 heteroatoms. The molecular formula is C13H18N2OS. The molecule has 2 rings (SSSR count). The van der Waals surface area contributed by atoms with E-state index in [2.05, 4.69) is 6.92 Å². The topological polar surface area (TPSA) is 46.3 Å². The molecule has 1 unspecified atom stereocenters. The van der Waals surface area contributed by atoms with Crippen molar-refractivity contribution >= 4 is 29.0 Å². The van der Waals surface area contributed by atoms with E-state index in [4.69, 9.17) is 5.73 Å². The Balaban J connectivity index is 2.54. The third kappa shape index (κ3) is 1.90. The van der Waals surface area contributed by atoms with Crippen LogP contribution in [0.2, 0.25) is 0 Å². The zero-order valence-electron chi connectivity index (χ0n) is 10.5. The molecule has 92 valence electrons. The van der Waals surface area contributed by atoms with Crippen molar-refractivity contribution in [2.75, 3.05) is 17.2 Å². The van der Waals surface area contributed by atoms with Gasteiger partial charge in [-0.25, -0.2) is 0 Å². The molecule has 0 bridgehead atoms. The third-order valence-electron chi connectivity index (χ3n) is 3.30. The molecule has 2 N–H and O–H groups in total. The van der Waals surface area contributed by atoms with Gasteiger partial charge in [0.2, 0.25) is 5.91 Å². The van der Waals surface area contributed by atoms with Crippen LogP contribution in [0.25, 0.3) is 0 Å². The zero-order valence-corrected chi connectivity index (χ0v) is 11.3. The van der Waals surface area contributed by atoms with Gasteiger partial charge in [-0.3, -0.25) is 4.79 Å². The monoisotopic (exact) mass is 250 g/mol. The molecule has 3 nitrogen and oxygen atoms in total. The molecule has 1 aliphatic rings. The molecule has 1 aliphatic heterocycles. The number of benzene rings is 1. The van der Waals surface area contributed by atoms with Crippen molar-refractivity contribution in [3.63, 3.8) is 0 Å². The molecule has 0 spiro atoms. The van der Waals surface area contributed by atoms with Crippen LogP contribution < -0.4 is 10.6 Å². The van der Waals surface area contributed by atoms with E-state index < -0.39 is 0 Å². The molecule has 1 amide bonds. The number of thioether (sulfide) groups is 1. The highest BCUT2D eigenvalue weighted by Crippen LogP contribution is 2.47. The Morgan fingerprint density at radius 2 is 2.12 bits per heavy atom. The lowest BCUT2D eigenvalue weighted by Crippen LogP contribution is -2.47. The third-order valence-corrected chi connectivity index (χ3v) is 4.76. The maximum absolute atomic E-state index is 12.4. The average Bonchev–Trinajstić information content (AvgIpc) is 2.31. The minimum atomic E-state index is -0.364. The van der Waals surface area contributed by atoms with E-state index in [0.717, 1.165) is 22.7 Å². The van der Waals surface area contributed by atoms with Crippen LogP contribution in [0.1, 0.15) is 27.2 Å². The first-order chi connectivity index (χ1) is 8.01. The number of hydrogen-bond acceptors (Lipinski definition) is 3. The molecule has 0 fully saturated rings. The molecule has 1 aromatic carbocycles.